The SMILES string of the molecule is Cc1ccc(-c2nnc3ccccc3c2C(=O)NCC(C)C)cc1. The fraction of sp³-hybridized carbons (Fsp3) is 0.250. The number of rotatable bonds is 4. The number of amides is 1. The predicted molar refractivity (Wildman–Crippen MR) is 96.9 cm³/mol. The summed E-state index contributed by atoms with van der Waals surface area (Å²) >= 11 is 0. The van der Waals surface area contributed by atoms with Crippen molar-refractivity contribution in [1.29, 1.82) is 0 Å². The maximum Gasteiger partial charge on any atom is 0.254 e. The molecule has 0 saturated carbocycles. The predicted octanol–water partition coefficient (Wildman–Crippen LogP) is 3.99. The minimum Gasteiger partial charge on any atom is -0.352 e. The minimum atomic E-state index is -0.106. The molecule has 0 radical (unpaired) electrons. The van der Waals surface area contributed by atoms with Crippen molar-refractivity contribution in [3.8, 4) is 11.3 Å². The molecule has 0 aliphatic carbocycles. The van der Waals surface area contributed by atoms with Crippen LogP contribution in [-0.4, -0.2) is 22.6 Å². The summed E-state index contributed by atoms with van der Waals surface area (Å²) in [5, 5.41) is 12.5. The van der Waals surface area contributed by atoms with Crippen LogP contribution in [0.2, 0.25) is 0 Å². The summed E-state index contributed by atoms with van der Waals surface area (Å²) in [5.74, 6) is 0.281. The number of aromatic nitrogens is 2. The highest BCUT2D eigenvalue weighted by molar-refractivity contribution is 6.10. The third-order valence-corrected chi connectivity index (χ3v) is 3.89. The molecule has 0 aliphatic heterocycles. The topological polar surface area (TPSA) is 54.9 Å². The molecule has 0 saturated heterocycles. The van der Waals surface area contributed by atoms with Crippen LogP contribution in [0.5, 0.6) is 0 Å². The van der Waals surface area contributed by atoms with Gasteiger partial charge in [0.1, 0.15) is 5.69 Å². The van der Waals surface area contributed by atoms with E-state index < -0.39 is 0 Å². The second kappa shape index (κ2) is 6.79. The van der Waals surface area contributed by atoms with E-state index in [-0.39, 0.29) is 5.91 Å². The maximum atomic E-state index is 12.8. The molecule has 24 heavy (non-hydrogen) atoms. The van der Waals surface area contributed by atoms with Crippen molar-refractivity contribution in [1.82, 2.24) is 15.5 Å². The number of hydrogen-bond acceptors (Lipinski definition) is 3. The van der Waals surface area contributed by atoms with Crippen LogP contribution >= 0.6 is 0 Å². The van der Waals surface area contributed by atoms with Gasteiger partial charge in [-0.25, -0.2) is 0 Å². The molecule has 0 bridgehead atoms. The van der Waals surface area contributed by atoms with Crippen LogP contribution in [0, 0.1) is 12.8 Å². The minimum absolute atomic E-state index is 0.106. The molecule has 0 atom stereocenters. The first-order valence-electron chi connectivity index (χ1n) is 8.17. The Morgan fingerprint density at radius 3 is 2.46 bits per heavy atom. The summed E-state index contributed by atoms with van der Waals surface area (Å²) in [7, 11) is 0. The molecule has 4 heteroatoms. The van der Waals surface area contributed by atoms with Gasteiger partial charge in [-0.15, -0.1) is 10.2 Å². The largest absolute Gasteiger partial charge is 0.352 e. The van der Waals surface area contributed by atoms with Gasteiger partial charge in [0, 0.05) is 17.5 Å². The normalized spacial score (nSPS) is 11.0. The fourth-order valence-corrected chi connectivity index (χ4v) is 2.58. The molecule has 1 aromatic heterocycles. The van der Waals surface area contributed by atoms with Crippen LogP contribution < -0.4 is 5.32 Å². The second-order valence-corrected chi connectivity index (χ2v) is 6.41. The van der Waals surface area contributed by atoms with E-state index >= 15 is 0 Å². The van der Waals surface area contributed by atoms with Crippen molar-refractivity contribution in [2.24, 2.45) is 5.92 Å². The zero-order valence-electron chi connectivity index (χ0n) is 14.2. The van der Waals surface area contributed by atoms with Crippen molar-refractivity contribution in [2.45, 2.75) is 20.8 Å². The monoisotopic (exact) mass is 319 g/mol. The number of nitrogens with zero attached hydrogens (tertiary/aromatic N) is 2. The summed E-state index contributed by atoms with van der Waals surface area (Å²) in [6.45, 7) is 6.81. The molecule has 122 valence electrons. The number of nitrogens with one attached hydrogen (secondary N) is 1. The van der Waals surface area contributed by atoms with Gasteiger partial charge in [0.05, 0.1) is 11.1 Å². The Hall–Kier alpha value is -2.75. The first kappa shape index (κ1) is 16.1. The number of benzene rings is 2. The van der Waals surface area contributed by atoms with E-state index in [9.17, 15) is 4.79 Å². The molecule has 1 N–H and O–H groups in total. The summed E-state index contributed by atoms with van der Waals surface area (Å²) in [6, 6.07) is 15.6. The van der Waals surface area contributed by atoms with E-state index in [0.29, 0.717) is 23.7 Å². The van der Waals surface area contributed by atoms with Crippen LogP contribution in [0.3, 0.4) is 0 Å². The molecular weight excluding hydrogens is 298 g/mol. The van der Waals surface area contributed by atoms with Gasteiger partial charge in [0.25, 0.3) is 5.91 Å². The lowest BCUT2D eigenvalue weighted by molar-refractivity contribution is 0.0951. The first-order valence-corrected chi connectivity index (χ1v) is 8.17. The van der Waals surface area contributed by atoms with E-state index in [1.165, 1.54) is 5.56 Å². The van der Waals surface area contributed by atoms with Gasteiger partial charge in [0.15, 0.2) is 0 Å². The van der Waals surface area contributed by atoms with Gasteiger partial charge in [-0.3, -0.25) is 4.79 Å². The van der Waals surface area contributed by atoms with Crippen molar-refractivity contribution in [2.75, 3.05) is 6.54 Å². The van der Waals surface area contributed by atoms with Crippen LogP contribution in [0.15, 0.2) is 48.5 Å². The molecule has 0 unspecified atom stereocenters. The van der Waals surface area contributed by atoms with E-state index in [4.69, 9.17) is 0 Å². The highest BCUT2D eigenvalue weighted by Gasteiger charge is 2.19. The van der Waals surface area contributed by atoms with Gasteiger partial charge < -0.3 is 5.32 Å². The highest BCUT2D eigenvalue weighted by atomic mass is 16.1. The van der Waals surface area contributed by atoms with Gasteiger partial charge in [-0.2, -0.15) is 0 Å². The Kier molecular flexibility index (Phi) is 4.56. The van der Waals surface area contributed by atoms with Crippen molar-refractivity contribution < 1.29 is 4.79 Å². The Morgan fingerprint density at radius 2 is 1.75 bits per heavy atom. The summed E-state index contributed by atoms with van der Waals surface area (Å²) in [4.78, 5) is 12.8. The molecule has 3 aromatic rings. The van der Waals surface area contributed by atoms with E-state index in [0.717, 1.165) is 16.5 Å². The number of carbonyl (C=O) groups is 1. The van der Waals surface area contributed by atoms with Gasteiger partial charge in [0.2, 0.25) is 0 Å². The molecule has 0 spiro atoms. The van der Waals surface area contributed by atoms with Crippen LogP contribution in [-0.2, 0) is 0 Å². The van der Waals surface area contributed by atoms with Crippen molar-refractivity contribution >= 4 is 16.8 Å². The number of hydrogen-bond donors (Lipinski definition) is 1. The Morgan fingerprint density at radius 1 is 1.04 bits per heavy atom. The summed E-state index contributed by atoms with van der Waals surface area (Å²) < 4.78 is 0. The van der Waals surface area contributed by atoms with E-state index in [2.05, 4.69) is 29.4 Å². The summed E-state index contributed by atoms with van der Waals surface area (Å²) in [6.07, 6.45) is 0. The van der Waals surface area contributed by atoms with Crippen LogP contribution in [0.1, 0.15) is 29.8 Å². The van der Waals surface area contributed by atoms with Crippen LogP contribution in [0.25, 0.3) is 22.2 Å². The molecule has 0 aliphatic rings. The van der Waals surface area contributed by atoms with Crippen molar-refractivity contribution in [3.63, 3.8) is 0 Å². The molecule has 1 amide bonds. The quantitative estimate of drug-likeness (QED) is 0.791. The van der Waals surface area contributed by atoms with Crippen molar-refractivity contribution in [3.05, 3.63) is 59.7 Å². The highest BCUT2D eigenvalue weighted by Crippen LogP contribution is 2.27. The third kappa shape index (κ3) is 3.27. The van der Waals surface area contributed by atoms with E-state index in [1.807, 2.05) is 55.5 Å². The maximum absolute atomic E-state index is 12.8. The molecule has 0 fully saturated rings. The molecule has 4 nitrogen and oxygen atoms in total. The van der Waals surface area contributed by atoms with Gasteiger partial charge >= 0.3 is 0 Å². The number of aryl methyl sites for hydroxylation is 1. The number of carbonyl (C=O) groups excluding carboxylic acids is 1. The van der Waals surface area contributed by atoms with Gasteiger partial charge in [-0.05, 0) is 18.9 Å². The Labute approximate surface area is 141 Å². The molecule has 1 heterocycles. The lowest BCUT2D eigenvalue weighted by Crippen LogP contribution is -2.28. The van der Waals surface area contributed by atoms with E-state index in [1.54, 1.807) is 0 Å². The fourth-order valence-electron chi connectivity index (χ4n) is 2.58. The lowest BCUT2D eigenvalue weighted by Gasteiger charge is -2.13. The molecule has 3 rings (SSSR count). The second-order valence-electron chi connectivity index (χ2n) is 6.41. The third-order valence-electron chi connectivity index (χ3n) is 3.89. The first-order chi connectivity index (χ1) is 11.6. The Balaban J connectivity index is 2.16. The smallest absolute Gasteiger partial charge is 0.254 e. The Bertz CT molecular complexity index is 870. The van der Waals surface area contributed by atoms with Crippen LogP contribution in [0.4, 0.5) is 0 Å². The average Bonchev–Trinajstić information content (AvgIpc) is 2.59. The average molecular weight is 319 g/mol. The zero-order chi connectivity index (χ0) is 17.1. The number of fused-ring (bicyclic) bond motifs is 1. The summed E-state index contributed by atoms with van der Waals surface area (Å²) in [5.41, 5.74) is 4.00. The standard InChI is InChI=1S/C20H21N3O/c1-13(2)12-21-20(24)18-16-6-4-5-7-17(16)22-23-19(18)15-10-8-14(3)9-11-15/h4-11,13H,12H2,1-3H3,(H,21,24). The molecular formula is C20H21N3O. The lowest BCUT2D eigenvalue weighted by atomic mass is 10.0. The zero-order valence-corrected chi connectivity index (χ0v) is 14.2. The van der Waals surface area contributed by atoms with Gasteiger partial charge in [-0.1, -0.05) is 61.9 Å². The molecule has 2 aromatic carbocycles.